The second-order valence-corrected chi connectivity index (χ2v) is 6.40. The lowest BCUT2D eigenvalue weighted by Crippen LogP contribution is -2.28. The summed E-state index contributed by atoms with van der Waals surface area (Å²) in [5.41, 5.74) is 2.69. The molecule has 25 heavy (non-hydrogen) atoms. The van der Waals surface area contributed by atoms with Crippen LogP contribution in [0.4, 0.5) is 11.4 Å². The minimum absolute atomic E-state index is 0.00994. The van der Waals surface area contributed by atoms with Crippen molar-refractivity contribution in [2.75, 3.05) is 16.8 Å². The van der Waals surface area contributed by atoms with E-state index < -0.39 is 0 Å². The van der Waals surface area contributed by atoms with E-state index >= 15 is 0 Å². The fourth-order valence-corrected chi connectivity index (χ4v) is 3.39. The van der Waals surface area contributed by atoms with Crippen LogP contribution in [0.15, 0.2) is 60.8 Å². The van der Waals surface area contributed by atoms with Gasteiger partial charge >= 0.3 is 0 Å². The first-order valence-electron chi connectivity index (χ1n) is 8.34. The van der Waals surface area contributed by atoms with Crippen molar-refractivity contribution in [3.05, 3.63) is 60.8 Å². The van der Waals surface area contributed by atoms with Gasteiger partial charge in [-0.25, -0.2) is 0 Å². The summed E-state index contributed by atoms with van der Waals surface area (Å²) in [6.45, 7) is 0.416. The van der Waals surface area contributed by atoms with Crippen molar-refractivity contribution in [2.24, 2.45) is 13.0 Å². The number of carbonyl (C=O) groups excluding carboxylic acids is 2. The second-order valence-electron chi connectivity index (χ2n) is 6.40. The number of anilines is 2. The molecule has 3 aromatic rings. The second kappa shape index (κ2) is 6.09. The van der Waals surface area contributed by atoms with E-state index in [2.05, 4.69) is 5.32 Å². The van der Waals surface area contributed by atoms with E-state index in [1.165, 1.54) is 0 Å². The first-order chi connectivity index (χ1) is 12.1. The minimum atomic E-state index is -0.341. The molecule has 0 aliphatic carbocycles. The van der Waals surface area contributed by atoms with Gasteiger partial charge in [-0.05, 0) is 30.3 Å². The number of carbonyl (C=O) groups is 2. The average Bonchev–Trinajstić information content (AvgIpc) is 3.20. The summed E-state index contributed by atoms with van der Waals surface area (Å²) in [4.78, 5) is 26.7. The Balaban J connectivity index is 1.53. The lowest BCUT2D eigenvalue weighted by atomic mass is 10.1. The molecule has 1 fully saturated rings. The van der Waals surface area contributed by atoms with Crippen LogP contribution in [0.5, 0.6) is 0 Å². The van der Waals surface area contributed by atoms with Crippen molar-refractivity contribution in [1.29, 1.82) is 0 Å². The third-order valence-corrected chi connectivity index (χ3v) is 4.75. The molecule has 5 heteroatoms. The monoisotopic (exact) mass is 333 g/mol. The summed E-state index contributed by atoms with van der Waals surface area (Å²) < 4.78 is 2.02. The molecule has 1 N–H and O–H groups in total. The van der Waals surface area contributed by atoms with Crippen LogP contribution < -0.4 is 10.2 Å². The number of nitrogens with zero attached hydrogens (tertiary/aromatic N) is 2. The number of amides is 2. The van der Waals surface area contributed by atoms with Crippen molar-refractivity contribution in [2.45, 2.75) is 6.42 Å². The Labute approximate surface area is 145 Å². The van der Waals surface area contributed by atoms with Gasteiger partial charge in [0.05, 0.1) is 11.6 Å². The minimum Gasteiger partial charge on any atom is -0.350 e. The summed E-state index contributed by atoms with van der Waals surface area (Å²) in [7, 11) is 1.97. The molecular weight excluding hydrogens is 314 g/mol. The highest BCUT2D eigenvalue weighted by molar-refractivity contribution is 6.06. The number of para-hydroxylation sites is 1. The van der Waals surface area contributed by atoms with Crippen molar-refractivity contribution in [1.82, 2.24) is 4.57 Å². The molecule has 2 amide bonds. The highest BCUT2D eigenvalue weighted by atomic mass is 16.2. The summed E-state index contributed by atoms with van der Waals surface area (Å²) >= 11 is 0. The lowest BCUT2D eigenvalue weighted by Gasteiger charge is -2.16. The van der Waals surface area contributed by atoms with Crippen LogP contribution in [0.25, 0.3) is 10.9 Å². The number of benzene rings is 2. The molecule has 1 atom stereocenters. The zero-order chi connectivity index (χ0) is 17.4. The molecule has 1 aromatic heterocycles. The van der Waals surface area contributed by atoms with Crippen LogP contribution in [0.1, 0.15) is 6.42 Å². The van der Waals surface area contributed by atoms with Crippen LogP contribution >= 0.6 is 0 Å². The number of aromatic nitrogens is 1. The Morgan fingerprint density at radius 2 is 1.88 bits per heavy atom. The Bertz CT molecular complexity index is 946. The molecule has 4 rings (SSSR count). The van der Waals surface area contributed by atoms with E-state index in [9.17, 15) is 9.59 Å². The van der Waals surface area contributed by atoms with Gasteiger partial charge in [-0.2, -0.15) is 0 Å². The smallest absolute Gasteiger partial charge is 0.229 e. The van der Waals surface area contributed by atoms with Gasteiger partial charge in [-0.1, -0.05) is 24.3 Å². The van der Waals surface area contributed by atoms with Crippen LogP contribution in [0, 0.1) is 5.92 Å². The van der Waals surface area contributed by atoms with E-state index in [1.54, 1.807) is 4.90 Å². The van der Waals surface area contributed by atoms with Crippen molar-refractivity contribution < 1.29 is 9.59 Å². The van der Waals surface area contributed by atoms with Gasteiger partial charge in [0.1, 0.15) is 0 Å². The molecule has 126 valence electrons. The molecular formula is C20H19N3O2. The molecule has 1 aliphatic rings. The van der Waals surface area contributed by atoms with E-state index in [0.717, 1.165) is 22.3 Å². The zero-order valence-electron chi connectivity index (χ0n) is 14.0. The maximum Gasteiger partial charge on any atom is 0.229 e. The van der Waals surface area contributed by atoms with Crippen molar-refractivity contribution >= 4 is 34.1 Å². The molecule has 1 aliphatic heterocycles. The molecule has 2 heterocycles. The maximum absolute atomic E-state index is 12.7. The Hall–Kier alpha value is -3.08. The number of hydrogen-bond acceptors (Lipinski definition) is 2. The SMILES string of the molecule is Cn1ccc2c(NC(=O)C3CC(=O)N(c4ccccc4)C3)cccc21. The van der Waals surface area contributed by atoms with Crippen molar-refractivity contribution in [3.8, 4) is 0 Å². The standard InChI is InChI=1S/C20H19N3O2/c1-22-11-10-16-17(8-5-9-18(16)22)21-20(25)14-12-19(24)23(13-14)15-6-3-2-4-7-15/h2-11,14H,12-13H2,1H3,(H,21,25). The topological polar surface area (TPSA) is 54.3 Å². The number of nitrogens with one attached hydrogen (secondary N) is 1. The van der Waals surface area contributed by atoms with E-state index in [-0.39, 0.29) is 24.2 Å². The van der Waals surface area contributed by atoms with Gasteiger partial charge in [-0.15, -0.1) is 0 Å². The van der Waals surface area contributed by atoms with Crippen LogP contribution in [0.2, 0.25) is 0 Å². The molecule has 0 saturated carbocycles. The average molecular weight is 333 g/mol. The number of hydrogen-bond donors (Lipinski definition) is 1. The third kappa shape index (κ3) is 2.78. The summed E-state index contributed by atoms with van der Waals surface area (Å²) in [5.74, 6) is -0.459. The quantitative estimate of drug-likeness (QED) is 0.800. The maximum atomic E-state index is 12.7. The highest BCUT2D eigenvalue weighted by Crippen LogP contribution is 2.28. The predicted molar refractivity (Wildman–Crippen MR) is 98.5 cm³/mol. The number of rotatable bonds is 3. The fourth-order valence-electron chi connectivity index (χ4n) is 3.39. The van der Waals surface area contributed by atoms with E-state index in [1.807, 2.05) is 72.4 Å². The highest BCUT2D eigenvalue weighted by Gasteiger charge is 2.35. The summed E-state index contributed by atoms with van der Waals surface area (Å²) in [6, 6.07) is 17.3. The predicted octanol–water partition coefficient (Wildman–Crippen LogP) is 3.17. The van der Waals surface area contributed by atoms with Gasteiger partial charge in [0.25, 0.3) is 0 Å². The molecule has 0 spiro atoms. The van der Waals surface area contributed by atoms with E-state index in [4.69, 9.17) is 0 Å². The number of fused-ring (bicyclic) bond motifs is 1. The molecule has 2 aromatic carbocycles. The largest absolute Gasteiger partial charge is 0.350 e. The molecule has 1 unspecified atom stereocenters. The molecule has 0 radical (unpaired) electrons. The van der Waals surface area contributed by atoms with Gasteiger partial charge in [0.2, 0.25) is 11.8 Å². The zero-order valence-corrected chi connectivity index (χ0v) is 14.0. The van der Waals surface area contributed by atoms with Crippen LogP contribution in [-0.2, 0) is 16.6 Å². The molecule has 1 saturated heterocycles. The Kier molecular flexibility index (Phi) is 3.76. The third-order valence-electron chi connectivity index (χ3n) is 4.75. The first kappa shape index (κ1) is 15.4. The summed E-state index contributed by atoms with van der Waals surface area (Å²) in [5, 5.41) is 4.00. The fraction of sp³-hybridized carbons (Fsp3) is 0.200. The van der Waals surface area contributed by atoms with Gasteiger partial charge in [0, 0.05) is 42.8 Å². The Morgan fingerprint density at radius 1 is 1.08 bits per heavy atom. The van der Waals surface area contributed by atoms with E-state index in [0.29, 0.717) is 6.54 Å². The summed E-state index contributed by atoms with van der Waals surface area (Å²) in [6.07, 6.45) is 2.21. The van der Waals surface area contributed by atoms with Crippen LogP contribution in [0.3, 0.4) is 0 Å². The van der Waals surface area contributed by atoms with Crippen LogP contribution in [-0.4, -0.2) is 22.9 Å². The lowest BCUT2D eigenvalue weighted by molar-refractivity contribution is -0.122. The Morgan fingerprint density at radius 3 is 2.68 bits per heavy atom. The van der Waals surface area contributed by atoms with Crippen molar-refractivity contribution in [3.63, 3.8) is 0 Å². The molecule has 0 bridgehead atoms. The number of aryl methyl sites for hydroxylation is 1. The first-order valence-corrected chi connectivity index (χ1v) is 8.34. The van der Waals surface area contributed by atoms with Gasteiger partial charge in [0.15, 0.2) is 0 Å². The van der Waals surface area contributed by atoms with Gasteiger partial charge in [-0.3, -0.25) is 9.59 Å². The molecule has 5 nitrogen and oxygen atoms in total. The van der Waals surface area contributed by atoms with Gasteiger partial charge < -0.3 is 14.8 Å². The normalized spacial score (nSPS) is 17.2.